The van der Waals surface area contributed by atoms with Gasteiger partial charge in [-0.2, -0.15) is 0 Å². The lowest BCUT2D eigenvalue weighted by atomic mass is 10.1. The summed E-state index contributed by atoms with van der Waals surface area (Å²) in [6.45, 7) is 6.37. The van der Waals surface area contributed by atoms with Crippen molar-refractivity contribution >= 4 is 5.95 Å². The quantitative estimate of drug-likeness (QED) is 0.806. The number of anilines is 1. The van der Waals surface area contributed by atoms with E-state index in [1.54, 1.807) is 0 Å². The Morgan fingerprint density at radius 1 is 1.44 bits per heavy atom. The monoisotopic (exact) mass is 249 g/mol. The molecule has 1 aromatic heterocycles. The number of rotatable bonds is 5. The van der Waals surface area contributed by atoms with Crippen molar-refractivity contribution in [1.82, 2.24) is 20.2 Å². The number of nitrogens with zero attached hydrogens (tertiary/aromatic N) is 3. The molecule has 1 saturated heterocycles. The second-order valence-corrected chi connectivity index (χ2v) is 4.90. The maximum atomic E-state index is 4.29. The fourth-order valence-electron chi connectivity index (χ4n) is 2.17. The largest absolute Gasteiger partial charge is 0.354 e. The highest BCUT2D eigenvalue weighted by Gasteiger charge is 2.15. The van der Waals surface area contributed by atoms with Crippen molar-refractivity contribution in [2.75, 3.05) is 38.5 Å². The Hall–Kier alpha value is -1.20. The third kappa shape index (κ3) is 3.92. The predicted octanol–water partition coefficient (Wildman–Crippen LogP) is 0.745. The molecule has 1 atom stereocenters. The van der Waals surface area contributed by atoms with Crippen molar-refractivity contribution in [3.05, 3.63) is 18.0 Å². The molecule has 0 radical (unpaired) electrons. The van der Waals surface area contributed by atoms with E-state index in [1.807, 2.05) is 12.4 Å². The van der Waals surface area contributed by atoms with Crippen LogP contribution >= 0.6 is 0 Å². The van der Waals surface area contributed by atoms with E-state index in [0.29, 0.717) is 6.04 Å². The van der Waals surface area contributed by atoms with E-state index in [-0.39, 0.29) is 0 Å². The Morgan fingerprint density at radius 3 is 2.89 bits per heavy atom. The van der Waals surface area contributed by atoms with Gasteiger partial charge in [0.1, 0.15) is 0 Å². The Morgan fingerprint density at radius 2 is 2.22 bits per heavy atom. The van der Waals surface area contributed by atoms with Crippen molar-refractivity contribution in [1.29, 1.82) is 0 Å². The number of aromatic nitrogens is 2. The number of nitrogens with one attached hydrogen (secondary N) is 2. The molecular formula is C13H23N5. The summed E-state index contributed by atoms with van der Waals surface area (Å²) in [5.74, 6) is 0.733. The van der Waals surface area contributed by atoms with Gasteiger partial charge >= 0.3 is 0 Å². The van der Waals surface area contributed by atoms with Crippen LogP contribution < -0.4 is 10.6 Å². The lowest BCUT2D eigenvalue weighted by molar-refractivity contribution is 0.234. The summed E-state index contributed by atoms with van der Waals surface area (Å²) >= 11 is 0. The minimum Gasteiger partial charge on any atom is -0.354 e. The topological polar surface area (TPSA) is 53.1 Å². The molecule has 1 aliphatic rings. The zero-order valence-electron chi connectivity index (χ0n) is 11.3. The summed E-state index contributed by atoms with van der Waals surface area (Å²) < 4.78 is 0. The SMILES string of the molecule is CCc1cnc(NCCC2CN(C)CCN2)nc1. The van der Waals surface area contributed by atoms with Gasteiger partial charge < -0.3 is 15.5 Å². The molecule has 0 bridgehead atoms. The van der Waals surface area contributed by atoms with Crippen LogP contribution in [0.5, 0.6) is 0 Å². The first kappa shape index (κ1) is 13.2. The molecule has 1 aromatic rings. The van der Waals surface area contributed by atoms with Gasteiger partial charge in [-0.1, -0.05) is 6.92 Å². The van der Waals surface area contributed by atoms with Gasteiger partial charge in [0, 0.05) is 44.6 Å². The molecule has 0 spiro atoms. The molecule has 100 valence electrons. The lowest BCUT2D eigenvalue weighted by Crippen LogP contribution is -2.49. The molecule has 1 aliphatic heterocycles. The van der Waals surface area contributed by atoms with Crippen LogP contribution in [-0.4, -0.2) is 54.1 Å². The van der Waals surface area contributed by atoms with E-state index in [0.717, 1.165) is 45.0 Å². The molecule has 2 rings (SSSR count). The van der Waals surface area contributed by atoms with E-state index >= 15 is 0 Å². The highest BCUT2D eigenvalue weighted by atomic mass is 15.2. The number of hydrogen-bond acceptors (Lipinski definition) is 5. The molecule has 18 heavy (non-hydrogen) atoms. The van der Waals surface area contributed by atoms with Crippen LogP contribution in [0.4, 0.5) is 5.95 Å². The van der Waals surface area contributed by atoms with Crippen LogP contribution in [0.15, 0.2) is 12.4 Å². The van der Waals surface area contributed by atoms with Gasteiger partial charge in [0.25, 0.3) is 0 Å². The van der Waals surface area contributed by atoms with E-state index in [9.17, 15) is 0 Å². The fourth-order valence-corrected chi connectivity index (χ4v) is 2.17. The van der Waals surface area contributed by atoms with Gasteiger partial charge in [0.05, 0.1) is 0 Å². The van der Waals surface area contributed by atoms with Gasteiger partial charge in [-0.05, 0) is 25.5 Å². The number of likely N-dealkylation sites (N-methyl/N-ethyl adjacent to an activating group) is 1. The van der Waals surface area contributed by atoms with Crippen LogP contribution in [0.2, 0.25) is 0 Å². The molecule has 5 heteroatoms. The Kier molecular flexibility index (Phi) is 4.90. The third-order valence-electron chi connectivity index (χ3n) is 3.35. The molecule has 5 nitrogen and oxygen atoms in total. The van der Waals surface area contributed by atoms with Crippen molar-refractivity contribution in [3.8, 4) is 0 Å². The van der Waals surface area contributed by atoms with Crippen LogP contribution in [0, 0.1) is 0 Å². The molecule has 0 aromatic carbocycles. The minimum atomic E-state index is 0.575. The minimum absolute atomic E-state index is 0.575. The van der Waals surface area contributed by atoms with E-state index in [4.69, 9.17) is 0 Å². The molecule has 0 saturated carbocycles. The van der Waals surface area contributed by atoms with Gasteiger partial charge in [-0.25, -0.2) is 9.97 Å². The standard InChI is InChI=1S/C13H23N5/c1-3-11-8-16-13(17-9-11)15-5-4-12-10-18(2)7-6-14-12/h8-9,12,14H,3-7,10H2,1-2H3,(H,15,16,17). The van der Waals surface area contributed by atoms with Crippen molar-refractivity contribution in [2.45, 2.75) is 25.8 Å². The second-order valence-electron chi connectivity index (χ2n) is 4.90. The predicted molar refractivity (Wildman–Crippen MR) is 73.8 cm³/mol. The van der Waals surface area contributed by atoms with Crippen LogP contribution in [-0.2, 0) is 6.42 Å². The molecule has 2 heterocycles. The molecule has 1 unspecified atom stereocenters. The molecule has 2 N–H and O–H groups in total. The third-order valence-corrected chi connectivity index (χ3v) is 3.35. The van der Waals surface area contributed by atoms with Crippen LogP contribution in [0.1, 0.15) is 18.9 Å². The van der Waals surface area contributed by atoms with E-state index in [1.165, 1.54) is 5.56 Å². The first-order chi connectivity index (χ1) is 8.78. The average Bonchev–Trinajstić information content (AvgIpc) is 2.40. The van der Waals surface area contributed by atoms with Gasteiger partial charge in [-0.15, -0.1) is 0 Å². The van der Waals surface area contributed by atoms with E-state index < -0.39 is 0 Å². The lowest BCUT2D eigenvalue weighted by Gasteiger charge is -2.30. The highest BCUT2D eigenvalue weighted by molar-refractivity contribution is 5.24. The molecular weight excluding hydrogens is 226 g/mol. The summed E-state index contributed by atoms with van der Waals surface area (Å²) in [6, 6.07) is 0.575. The van der Waals surface area contributed by atoms with Crippen LogP contribution in [0.25, 0.3) is 0 Å². The number of hydrogen-bond donors (Lipinski definition) is 2. The molecule has 1 fully saturated rings. The maximum absolute atomic E-state index is 4.29. The first-order valence-electron chi connectivity index (χ1n) is 6.74. The maximum Gasteiger partial charge on any atom is 0.222 e. The van der Waals surface area contributed by atoms with Gasteiger partial charge in [-0.3, -0.25) is 0 Å². The molecule has 0 amide bonds. The number of piperazine rings is 1. The molecule has 0 aliphatic carbocycles. The van der Waals surface area contributed by atoms with Crippen LogP contribution in [0.3, 0.4) is 0 Å². The first-order valence-corrected chi connectivity index (χ1v) is 6.74. The fraction of sp³-hybridized carbons (Fsp3) is 0.692. The summed E-state index contributed by atoms with van der Waals surface area (Å²) in [4.78, 5) is 11.0. The van der Waals surface area contributed by atoms with Crippen molar-refractivity contribution in [3.63, 3.8) is 0 Å². The second kappa shape index (κ2) is 6.66. The zero-order valence-corrected chi connectivity index (χ0v) is 11.3. The smallest absolute Gasteiger partial charge is 0.222 e. The Bertz CT molecular complexity index is 351. The summed E-state index contributed by atoms with van der Waals surface area (Å²) in [5.41, 5.74) is 1.18. The number of aryl methyl sites for hydroxylation is 1. The van der Waals surface area contributed by atoms with E-state index in [2.05, 4.69) is 39.5 Å². The highest BCUT2D eigenvalue weighted by Crippen LogP contribution is 2.03. The summed E-state index contributed by atoms with van der Waals surface area (Å²) in [6.07, 6.45) is 5.87. The summed E-state index contributed by atoms with van der Waals surface area (Å²) in [7, 11) is 2.17. The van der Waals surface area contributed by atoms with Gasteiger partial charge in [0.2, 0.25) is 5.95 Å². The summed E-state index contributed by atoms with van der Waals surface area (Å²) in [5, 5.41) is 6.81. The van der Waals surface area contributed by atoms with Crippen molar-refractivity contribution in [2.24, 2.45) is 0 Å². The van der Waals surface area contributed by atoms with Gasteiger partial charge in [0.15, 0.2) is 0 Å². The zero-order chi connectivity index (χ0) is 12.8. The average molecular weight is 249 g/mol. The Balaban J connectivity index is 1.70. The normalized spacial score (nSPS) is 20.9. The van der Waals surface area contributed by atoms with Crippen molar-refractivity contribution < 1.29 is 0 Å². The Labute approximate surface area is 109 Å².